The molecule has 1 saturated carbocycles. The van der Waals surface area contributed by atoms with Gasteiger partial charge in [0.05, 0.1) is 6.42 Å². The molecule has 2 heterocycles. The summed E-state index contributed by atoms with van der Waals surface area (Å²) in [5.41, 5.74) is 2.80. The number of carbonyl (C=O) groups excluding carboxylic acids is 1. The van der Waals surface area contributed by atoms with Crippen LogP contribution in [0, 0.1) is 11.3 Å². The molecule has 0 N–H and O–H groups in total. The number of likely N-dealkylation sites (tertiary alicyclic amines) is 1. The molecule has 0 aromatic heterocycles. The summed E-state index contributed by atoms with van der Waals surface area (Å²) in [6, 6.07) is 18.8. The van der Waals surface area contributed by atoms with Crippen molar-refractivity contribution in [1.82, 2.24) is 9.80 Å². The highest BCUT2D eigenvalue weighted by Crippen LogP contribution is 2.40. The third-order valence-electron chi connectivity index (χ3n) is 8.19. The highest BCUT2D eigenvalue weighted by atomic mass is 16.5. The van der Waals surface area contributed by atoms with Crippen molar-refractivity contribution in [2.45, 2.75) is 57.8 Å². The first kappa shape index (κ1) is 23.4. The van der Waals surface area contributed by atoms with Gasteiger partial charge in [-0.15, -0.1) is 0 Å². The zero-order valence-corrected chi connectivity index (χ0v) is 20.6. The molecule has 182 valence electrons. The van der Waals surface area contributed by atoms with E-state index < -0.39 is 0 Å². The normalized spacial score (nSPS) is 21.7. The van der Waals surface area contributed by atoms with Gasteiger partial charge in [-0.2, -0.15) is 0 Å². The molecule has 2 aromatic carbocycles. The number of hydrogen-bond acceptors (Lipinski definition) is 3. The Bertz CT molecular complexity index is 932. The average Bonchev–Trinajstić information content (AvgIpc) is 3.67. The van der Waals surface area contributed by atoms with Crippen LogP contribution in [0.2, 0.25) is 0 Å². The molecule has 34 heavy (non-hydrogen) atoms. The van der Waals surface area contributed by atoms with Crippen molar-refractivity contribution in [3.63, 3.8) is 0 Å². The molecule has 4 nitrogen and oxygen atoms in total. The van der Waals surface area contributed by atoms with Crippen molar-refractivity contribution in [3.05, 3.63) is 65.7 Å². The molecule has 1 saturated heterocycles. The van der Waals surface area contributed by atoms with Crippen molar-refractivity contribution in [3.8, 4) is 5.75 Å². The highest BCUT2D eigenvalue weighted by Gasteiger charge is 2.38. The lowest BCUT2D eigenvalue weighted by atomic mass is 9.73. The summed E-state index contributed by atoms with van der Waals surface area (Å²) in [6.07, 6.45) is 10.4. The molecule has 0 atom stereocenters. The lowest BCUT2D eigenvalue weighted by Crippen LogP contribution is -2.49. The lowest BCUT2D eigenvalue weighted by Gasteiger charge is -2.45. The Morgan fingerprint density at radius 2 is 1.68 bits per heavy atom. The van der Waals surface area contributed by atoms with Gasteiger partial charge >= 0.3 is 0 Å². The van der Waals surface area contributed by atoms with E-state index in [2.05, 4.69) is 46.2 Å². The number of nitrogens with zero attached hydrogens (tertiary/aromatic N) is 2. The number of aryl methyl sites for hydroxylation is 1. The van der Waals surface area contributed by atoms with E-state index in [1.54, 1.807) is 0 Å². The van der Waals surface area contributed by atoms with E-state index in [-0.39, 0.29) is 5.91 Å². The number of amides is 1. The van der Waals surface area contributed by atoms with Crippen LogP contribution in [0.4, 0.5) is 0 Å². The molecule has 0 radical (unpaired) electrons. The van der Waals surface area contributed by atoms with Crippen molar-refractivity contribution < 1.29 is 9.53 Å². The molecule has 1 amide bonds. The SMILES string of the molecule is O=C(Cc1ccccc1)N1CCC2(CCCCc3ccccc3OCCN(CC3CC3)C2)CC1. The Kier molecular flexibility index (Phi) is 7.54. The summed E-state index contributed by atoms with van der Waals surface area (Å²) in [5.74, 6) is 2.24. The third kappa shape index (κ3) is 6.21. The van der Waals surface area contributed by atoms with E-state index in [4.69, 9.17) is 4.74 Å². The summed E-state index contributed by atoms with van der Waals surface area (Å²) < 4.78 is 6.28. The van der Waals surface area contributed by atoms with Gasteiger partial charge in [0.25, 0.3) is 0 Å². The van der Waals surface area contributed by atoms with Crippen molar-refractivity contribution in [2.75, 3.05) is 39.3 Å². The highest BCUT2D eigenvalue weighted by molar-refractivity contribution is 5.78. The van der Waals surface area contributed by atoms with Crippen LogP contribution in [0.15, 0.2) is 54.6 Å². The van der Waals surface area contributed by atoms with Gasteiger partial charge < -0.3 is 9.64 Å². The molecule has 0 unspecified atom stereocenters. The zero-order valence-electron chi connectivity index (χ0n) is 20.6. The van der Waals surface area contributed by atoms with E-state index in [0.717, 1.165) is 69.3 Å². The van der Waals surface area contributed by atoms with Crippen molar-refractivity contribution in [2.24, 2.45) is 11.3 Å². The number of rotatable bonds is 4. The first-order valence-electron chi connectivity index (χ1n) is 13.4. The molecule has 2 aliphatic heterocycles. The van der Waals surface area contributed by atoms with Crippen LogP contribution < -0.4 is 4.74 Å². The second-order valence-corrected chi connectivity index (χ2v) is 10.9. The van der Waals surface area contributed by atoms with Crippen molar-refractivity contribution >= 4 is 5.91 Å². The summed E-state index contributed by atoms with van der Waals surface area (Å²) in [6.45, 7) is 5.95. The number of piperidine rings is 1. The summed E-state index contributed by atoms with van der Waals surface area (Å²) in [4.78, 5) is 17.8. The van der Waals surface area contributed by atoms with Crippen LogP contribution in [0.3, 0.4) is 0 Å². The van der Waals surface area contributed by atoms with Crippen molar-refractivity contribution in [1.29, 1.82) is 0 Å². The Hall–Kier alpha value is -2.33. The van der Waals surface area contributed by atoms with Crippen LogP contribution >= 0.6 is 0 Å². The molecule has 3 aliphatic rings. The van der Waals surface area contributed by atoms with Gasteiger partial charge in [-0.25, -0.2) is 0 Å². The predicted molar refractivity (Wildman–Crippen MR) is 137 cm³/mol. The van der Waals surface area contributed by atoms with Gasteiger partial charge in [-0.1, -0.05) is 55.0 Å². The number of para-hydroxylation sites is 1. The minimum Gasteiger partial charge on any atom is -0.492 e. The van der Waals surface area contributed by atoms with Gasteiger partial charge in [-0.3, -0.25) is 9.69 Å². The zero-order chi connectivity index (χ0) is 23.2. The average molecular weight is 461 g/mol. The molecule has 2 aromatic rings. The third-order valence-corrected chi connectivity index (χ3v) is 8.19. The Morgan fingerprint density at radius 1 is 0.912 bits per heavy atom. The second-order valence-electron chi connectivity index (χ2n) is 10.9. The standard InChI is InChI=1S/C30H40N2O2/c33-29(22-25-8-2-1-3-9-25)32-18-16-30(17-19-32)15-7-6-11-27-10-4-5-12-28(27)34-21-20-31(24-30)23-26-13-14-26/h1-5,8-10,12,26H,6-7,11,13-24H2. The predicted octanol–water partition coefficient (Wildman–Crippen LogP) is 5.36. The first-order valence-corrected chi connectivity index (χ1v) is 13.4. The maximum absolute atomic E-state index is 13.0. The number of fused-ring (bicyclic) bond motifs is 1. The molecular formula is C30H40N2O2. The minimum absolute atomic E-state index is 0.286. The summed E-state index contributed by atoms with van der Waals surface area (Å²) in [5, 5.41) is 0. The van der Waals surface area contributed by atoms with Crippen LogP contribution in [0.5, 0.6) is 5.75 Å². The summed E-state index contributed by atoms with van der Waals surface area (Å²) >= 11 is 0. The maximum Gasteiger partial charge on any atom is 0.226 e. The fourth-order valence-electron chi connectivity index (χ4n) is 5.93. The molecule has 1 aliphatic carbocycles. The maximum atomic E-state index is 13.0. The van der Waals surface area contributed by atoms with Gasteiger partial charge in [0.1, 0.15) is 12.4 Å². The monoisotopic (exact) mass is 460 g/mol. The van der Waals surface area contributed by atoms with Gasteiger partial charge in [-0.05, 0) is 73.5 Å². The Morgan fingerprint density at radius 3 is 2.47 bits per heavy atom. The fourth-order valence-corrected chi connectivity index (χ4v) is 5.93. The van der Waals surface area contributed by atoms with Crippen LogP contribution in [0.25, 0.3) is 0 Å². The number of hydrogen-bond donors (Lipinski definition) is 0. The van der Waals surface area contributed by atoms with Crippen LogP contribution in [-0.2, 0) is 17.6 Å². The number of ether oxygens (including phenoxy) is 1. The number of carbonyl (C=O) groups is 1. The molecule has 0 bridgehead atoms. The molecule has 4 heteroatoms. The second kappa shape index (κ2) is 10.9. The van der Waals surface area contributed by atoms with E-state index in [0.29, 0.717) is 11.8 Å². The van der Waals surface area contributed by atoms with E-state index in [1.165, 1.54) is 44.2 Å². The van der Waals surface area contributed by atoms with Crippen LogP contribution in [0.1, 0.15) is 56.1 Å². The van der Waals surface area contributed by atoms with E-state index >= 15 is 0 Å². The molecule has 5 rings (SSSR count). The minimum atomic E-state index is 0.286. The largest absolute Gasteiger partial charge is 0.492 e. The lowest BCUT2D eigenvalue weighted by molar-refractivity contribution is -0.133. The molecular weight excluding hydrogens is 420 g/mol. The van der Waals surface area contributed by atoms with Gasteiger partial charge in [0.15, 0.2) is 0 Å². The Labute approximate surface area is 205 Å². The molecule has 1 spiro atoms. The fraction of sp³-hybridized carbons (Fsp3) is 0.567. The Balaban J connectivity index is 1.24. The van der Waals surface area contributed by atoms with E-state index in [9.17, 15) is 4.79 Å². The molecule has 2 fully saturated rings. The van der Waals surface area contributed by atoms with Gasteiger partial charge in [0, 0.05) is 32.7 Å². The summed E-state index contributed by atoms with van der Waals surface area (Å²) in [7, 11) is 0. The van der Waals surface area contributed by atoms with Crippen LogP contribution in [-0.4, -0.2) is 55.0 Å². The first-order chi connectivity index (χ1) is 16.7. The van der Waals surface area contributed by atoms with Gasteiger partial charge in [0.2, 0.25) is 5.91 Å². The van der Waals surface area contributed by atoms with E-state index in [1.807, 2.05) is 18.2 Å². The smallest absolute Gasteiger partial charge is 0.226 e. The quantitative estimate of drug-likeness (QED) is 0.616. The number of benzene rings is 2. The topological polar surface area (TPSA) is 32.8 Å².